The highest BCUT2D eigenvalue weighted by Gasteiger charge is 2.60. The summed E-state index contributed by atoms with van der Waals surface area (Å²) < 4.78 is 0. The van der Waals surface area contributed by atoms with Crippen LogP contribution < -0.4 is 0 Å². The summed E-state index contributed by atoms with van der Waals surface area (Å²) in [5.41, 5.74) is 3.01. The van der Waals surface area contributed by atoms with Crippen molar-refractivity contribution in [3.63, 3.8) is 0 Å². The highest BCUT2D eigenvalue weighted by Crippen LogP contribution is 2.68. The zero-order valence-corrected chi connectivity index (χ0v) is 12.6. The van der Waals surface area contributed by atoms with Crippen molar-refractivity contribution < 1.29 is 0 Å². The lowest BCUT2D eigenvalue weighted by Gasteiger charge is -2.56. The third kappa shape index (κ3) is 1.27. The van der Waals surface area contributed by atoms with Gasteiger partial charge in [0, 0.05) is 0 Å². The van der Waals surface area contributed by atoms with Gasteiger partial charge in [-0.15, -0.1) is 0 Å². The van der Waals surface area contributed by atoms with Crippen LogP contribution in [0, 0.1) is 17.3 Å². The van der Waals surface area contributed by atoms with Gasteiger partial charge in [-0.25, -0.2) is 0 Å². The fourth-order valence-corrected chi connectivity index (χ4v) is 11.7. The average Bonchev–Trinajstić information content (AvgIpc) is 2.86. The van der Waals surface area contributed by atoms with Crippen LogP contribution in [0.5, 0.6) is 0 Å². The lowest BCUT2D eigenvalue weighted by atomic mass is 9.67. The molecule has 0 aromatic rings. The zero-order chi connectivity index (χ0) is 11.6. The Bertz CT molecular complexity index is 238. The summed E-state index contributed by atoms with van der Waals surface area (Å²) in [6.07, 6.45) is 9.34. The molecule has 0 amide bonds. The molecule has 0 radical (unpaired) electrons. The molecular formula is C15H28Si. The van der Waals surface area contributed by atoms with Gasteiger partial charge in [-0.3, -0.25) is 0 Å². The van der Waals surface area contributed by atoms with Crippen LogP contribution in [0.4, 0.5) is 0 Å². The first-order valence-corrected chi connectivity index (χ1v) is 10.6. The molecule has 1 aliphatic heterocycles. The third-order valence-electron chi connectivity index (χ3n) is 6.85. The fraction of sp³-hybridized carbons (Fsp3) is 1.00. The predicted molar refractivity (Wildman–Crippen MR) is 73.4 cm³/mol. The second-order valence-electron chi connectivity index (χ2n) is 7.93. The molecule has 92 valence electrons. The van der Waals surface area contributed by atoms with Crippen molar-refractivity contribution in [2.24, 2.45) is 17.3 Å². The van der Waals surface area contributed by atoms with Crippen molar-refractivity contribution in [1.29, 1.82) is 0 Å². The first-order chi connectivity index (χ1) is 7.45. The fourth-order valence-electron chi connectivity index (χ4n) is 6.03. The maximum atomic E-state index is 2.73. The Morgan fingerprint density at radius 2 is 1.25 bits per heavy atom. The molecule has 3 aliphatic rings. The van der Waals surface area contributed by atoms with Crippen molar-refractivity contribution in [3.8, 4) is 0 Å². The predicted octanol–water partition coefficient (Wildman–Crippen LogP) is 5.08. The molecule has 2 saturated carbocycles. The number of rotatable bonds is 0. The van der Waals surface area contributed by atoms with Gasteiger partial charge in [0.1, 0.15) is 0 Å². The van der Waals surface area contributed by atoms with Crippen molar-refractivity contribution in [1.82, 2.24) is 0 Å². The topological polar surface area (TPSA) is 0 Å². The Labute approximate surface area is 102 Å². The van der Waals surface area contributed by atoms with Crippen molar-refractivity contribution in [2.75, 3.05) is 0 Å². The maximum Gasteiger partial charge on any atom is 0.0541 e. The van der Waals surface area contributed by atoms with Gasteiger partial charge in [-0.05, 0) is 41.2 Å². The Morgan fingerprint density at radius 1 is 0.812 bits per heavy atom. The quantitative estimate of drug-likeness (QED) is 0.515. The Hall–Kier alpha value is 0.217. The molecule has 3 rings (SSSR count). The molecule has 1 saturated heterocycles. The van der Waals surface area contributed by atoms with E-state index < -0.39 is 8.07 Å². The van der Waals surface area contributed by atoms with Gasteiger partial charge in [-0.1, -0.05) is 52.6 Å². The Balaban J connectivity index is 2.02. The van der Waals surface area contributed by atoms with Crippen LogP contribution in [-0.4, -0.2) is 8.07 Å². The average molecular weight is 236 g/mol. The molecule has 0 aromatic carbocycles. The van der Waals surface area contributed by atoms with E-state index in [2.05, 4.69) is 26.9 Å². The third-order valence-corrected chi connectivity index (χ3v) is 12.1. The van der Waals surface area contributed by atoms with Crippen LogP contribution in [0.1, 0.15) is 52.4 Å². The minimum Gasteiger partial charge on any atom is -0.0689 e. The second-order valence-corrected chi connectivity index (χ2v) is 13.1. The summed E-state index contributed by atoms with van der Waals surface area (Å²) >= 11 is 0. The molecule has 2 aliphatic carbocycles. The molecule has 4 atom stereocenters. The zero-order valence-electron chi connectivity index (χ0n) is 11.6. The van der Waals surface area contributed by atoms with Crippen LogP contribution in [0.2, 0.25) is 24.2 Å². The summed E-state index contributed by atoms with van der Waals surface area (Å²) in [7, 11) is -0.939. The monoisotopic (exact) mass is 236 g/mol. The first kappa shape index (κ1) is 11.3. The number of hydrogen-bond acceptors (Lipinski definition) is 0. The van der Waals surface area contributed by atoms with E-state index in [1.165, 1.54) is 23.9 Å². The van der Waals surface area contributed by atoms with Crippen LogP contribution >= 0.6 is 0 Å². The van der Waals surface area contributed by atoms with E-state index >= 15 is 0 Å². The highest BCUT2D eigenvalue weighted by molar-refractivity contribution is 6.80. The summed E-state index contributed by atoms with van der Waals surface area (Å²) in [6.45, 7) is 10.7. The van der Waals surface area contributed by atoms with Crippen LogP contribution in [0.25, 0.3) is 0 Å². The largest absolute Gasteiger partial charge is 0.0689 e. The van der Waals surface area contributed by atoms with Gasteiger partial charge in [0.05, 0.1) is 8.07 Å². The van der Waals surface area contributed by atoms with Gasteiger partial charge in [0.15, 0.2) is 0 Å². The number of fused-ring (bicyclic) bond motifs is 2. The van der Waals surface area contributed by atoms with E-state index in [1.807, 2.05) is 0 Å². The lowest BCUT2D eigenvalue weighted by molar-refractivity contribution is 0.100. The standard InChI is InChI=1S/C15H28Si/c1-15(2)11-7-5-9-13(11)16(3,4)14-10-6-8-12(14)15/h11-14H,5-10H2,1-4H3. The number of hydrogen-bond donors (Lipinski definition) is 0. The molecule has 3 fully saturated rings. The summed E-state index contributed by atoms with van der Waals surface area (Å²) in [5, 5.41) is 0. The van der Waals surface area contributed by atoms with Crippen molar-refractivity contribution in [2.45, 2.75) is 76.5 Å². The minimum atomic E-state index is -0.939. The molecule has 0 bridgehead atoms. The summed E-state index contributed by atoms with van der Waals surface area (Å²) in [5.74, 6) is 2.18. The molecule has 16 heavy (non-hydrogen) atoms. The SMILES string of the molecule is CC1(C)C2CCCC2[Si](C)(C)C2CCCC21. The molecule has 1 heteroatoms. The van der Waals surface area contributed by atoms with Gasteiger partial charge in [0.2, 0.25) is 0 Å². The minimum absolute atomic E-state index is 0.671. The van der Waals surface area contributed by atoms with Crippen molar-refractivity contribution >= 4 is 8.07 Å². The Kier molecular flexibility index (Phi) is 2.38. The lowest BCUT2D eigenvalue weighted by Crippen LogP contribution is -2.53. The molecule has 0 nitrogen and oxygen atoms in total. The molecule has 1 heterocycles. The normalized spacial score (nSPS) is 48.8. The van der Waals surface area contributed by atoms with Crippen molar-refractivity contribution in [3.05, 3.63) is 0 Å². The smallest absolute Gasteiger partial charge is 0.0541 e. The van der Waals surface area contributed by atoms with Crippen LogP contribution in [0.3, 0.4) is 0 Å². The molecule has 0 spiro atoms. The highest BCUT2D eigenvalue weighted by atomic mass is 28.3. The van der Waals surface area contributed by atoms with Crippen LogP contribution in [0.15, 0.2) is 0 Å². The molecular weight excluding hydrogens is 208 g/mol. The van der Waals surface area contributed by atoms with Gasteiger partial charge in [0.25, 0.3) is 0 Å². The second kappa shape index (κ2) is 3.37. The summed E-state index contributed by atoms with van der Waals surface area (Å²) in [4.78, 5) is 0. The van der Waals surface area contributed by atoms with Gasteiger partial charge < -0.3 is 0 Å². The first-order valence-electron chi connectivity index (χ1n) is 7.45. The van der Waals surface area contributed by atoms with E-state index in [9.17, 15) is 0 Å². The molecule has 0 N–H and O–H groups in total. The molecule has 0 aromatic heterocycles. The molecule has 4 unspecified atom stereocenters. The maximum absolute atomic E-state index is 2.73. The van der Waals surface area contributed by atoms with Gasteiger partial charge >= 0.3 is 0 Å². The van der Waals surface area contributed by atoms with Crippen LogP contribution in [-0.2, 0) is 0 Å². The van der Waals surface area contributed by atoms with Gasteiger partial charge in [-0.2, -0.15) is 0 Å². The van der Waals surface area contributed by atoms with E-state index in [0.29, 0.717) is 5.41 Å². The van der Waals surface area contributed by atoms with E-state index in [1.54, 1.807) is 25.7 Å². The Morgan fingerprint density at radius 3 is 1.69 bits per heavy atom. The summed E-state index contributed by atoms with van der Waals surface area (Å²) in [6, 6.07) is 0. The van der Waals surface area contributed by atoms with E-state index in [-0.39, 0.29) is 0 Å². The van der Waals surface area contributed by atoms with E-state index in [4.69, 9.17) is 0 Å². The van der Waals surface area contributed by atoms with E-state index in [0.717, 1.165) is 11.8 Å².